The normalized spacial score (nSPS) is 14.7. The molecule has 2 amide bonds. The summed E-state index contributed by atoms with van der Waals surface area (Å²) in [5.74, 6) is -0.808. The van der Waals surface area contributed by atoms with Gasteiger partial charge in [-0.3, -0.25) is 24.8 Å². The molecule has 9 heteroatoms. The molecule has 3 N–H and O–H groups in total. The summed E-state index contributed by atoms with van der Waals surface area (Å²) in [6, 6.07) is 12.5. The van der Waals surface area contributed by atoms with Gasteiger partial charge < -0.3 is 15.4 Å². The minimum absolute atomic E-state index is 0.216. The van der Waals surface area contributed by atoms with Crippen molar-refractivity contribution in [1.29, 1.82) is 0 Å². The van der Waals surface area contributed by atoms with Crippen LogP contribution in [0.4, 0.5) is 15.8 Å². The monoisotopic (exact) mass is 427 g/mol. The largest absolute Gasteiger partial charge is 0.379 e. The number of nitrogens with zero attached hydrogens (tertiary/aromatic N) is 2. The number of hydrogen-bond donors (Lipinski definition) is 3. The van der Waals surface area contributed by atoms with Gasteiger partial charge in [-0.1, -0.05) is 12.1 Å². The highest BCUT2D eigenvalue weighted by atomic mass is 19.1. The summed E-state index contributed by atoms with van der Waals surface area (Å²) in [4.78, 5) is 30.7. The van der Waals surface area contributed by atoms with Crippen LogP contribution in [-0.2, 0) is 9.53 Å². The lowest BCUT2D eigenvalue weighted by atomic mass is 10.2. The highest BCUT2D eigenvalue weighted by Crippen LogP contribution is 2.12. The molecule has 0 aliphatic carbocycles. The van der Waals surface area contributed by atoms with Crippen molar-refractivity contribution in [2.45, 2.75) is 6.92 Å². The van der Waals surface area contributed by atoms with E-state index in [1.165, 1.54) is 19.1 Å². The number of benzene rings is 2. The molecule has 1 fully saturated rings. The summed E-state index contributed by atoms with van der Waals surface area (Å²) < 4.78 is 18.9. The van der Waals surface area contributed by atoms with Crippen LogP contribution in [0, 0.1) is 5.82 Å². The van der Waals surface area contributed by atoms with Crippen LogP contribution in [0.5, 0.6) is 0 Å². The molecule has 0 atom stereocenters. The van der Waals surface area contributed by atoms with E-state index in [0.717, 1.165) is 13.1 Å². The van der Waals surface area contributed by atoms with E-state index < -0.39 is 11.7 Å². The van der Waals surface area contributed by atoms with E-state index in [-0.39, 0.29) is 11.9 Å². The van der Waals surface area contributed by atoms with Gasteiger partial charge in [0.1, 0.15) is 5.82 Å². The van der Waals surface area contributed by atoms with Gasteiger partial charge in [-0.25, -0.2) is 4.39 Å². The number of carbonyl (C=O) groups excluding carboxylic acids is 2. The zero-order chi connectivity index (χ0) is 22.1. The summed E-state index contributed by atoms with van der Waals surface area (Å²) in [6.07, 6.45) is 0. The van der Waals surface area contributed by atoms with Crippen LogP contribution in [0.1, 0.15) is 17.3 Å². The predicted octanol–water partition coefficient (Wildman–Crippen LogP) is 2.31. The Balaban J connectivity index is 1.70. The Morgan fingerprint density at radius 2 is 1.77 bits per heavy atom. The van der Waals surface area contributed by atoms with Crippen molar-refractivity contribution in [3.8, 4) is 0 Å². The maximum absolute atomic E-state index is 13.6. The zero-order valence-electron chi connectivity index (χ0n) is 17.4. The number of ether oxygens (including phenoxy) is 1. The van der Waals surface area contributed by atoms with Crippen LogP contribution in [0.15, 0.2) is 53.5 Å². The first-order chi connectivity index (χ1) is 15.0. The summed E-state index contributed by atoms with van der Waals surface area (Å²) in [5, 5.41) is 8.36. The summed E-state index contributed by atoms with van der Waals surface area (Å²) >= 11 is 0. The standard InChI is InChI=1S/C22H26FN5O3/c1-16(29)25-19-6-2-4-17(14-19)21(30)27-22(26-20-7-3-5-18(23)15-20)24-8-9-28-10-12-31-13-11-28/h2-7,14-15H,8-13H2,1H3,(H,25,29)(H2,24,26,27,30). The number of aliphatic imine (C=N–C) groups is 1. The second kappa shape index (κ2) is 11.2. The van der Waals surface area contributed by atoms with Crippen molar-refractivity contribution in [3.05, 3.63) is 59.9 Å². The molecule has 1 heterocycles. The molecule has 1 aliphatic heterocycles. The summed E-state index contributed by atoms with van der Waals surface area (Å²) in [7, 11) is 0. The fraction of sp³-hybridized carbons (Fsp3) is 0.318. The fourth-order valence-corrected chi connectivity index (χ4v) is 3.06. The van der Waals surface area contributed by atoms with Crippen molar-refractivity contribution in [2.24, 2.45) is 4.99 Å². The SMILES string of the molecule is CC(=O)Nc1cccc(C(=O)NC(=NCCN2CCOCC2)Nc2cccc(F)c2)c1. The van der Waals surface area contributed by atoms with Gasteiger partial charge in [0.2, 0.25) is 11.9 Å². The molecule has 3 rings (SSSR count). The van der Waals surface area contributed by atoms with E-state index in [0.29, 0.717) is 43.2 Å². The Labute approximate surface area is 180 Å². The van der Waals surface area contributed by atoms with Gasteiger partial charge in [0.25, 0.3) is 5.91 Å². The van der Waals surface area contributed by atoms with E-state index in [4.69, 9.17) is 4.74 Å². The number of anilines is 2. The van der Waals surface area contributed by atoms with Crippen LogP contribution < -0.4 is 16.0 Å². The molecular formula is C22H26FN5O3. The number of guanidine groups is 1. The Bertz CT molecular complexity index is 944. The molecule has 0 unspecified atom stereocenters. The summed E-state index contributed by atoms with van der Waals surface area (Å²) in [6.45, 7) is 5.62. The Morgan fingerprint density at radius 1 is 1.06 bits per heavy atom. The topological polar surface area (TPSA) is 95.1 Å². The minimum atomic E-state index is -0.402. The van der Waals surface area contributed by atoms with Crippen molar-refractivity contribution < 1.29 is 18.7 Å². The second-order valence-corrected chi connectivity index (χ2v) is 7.04. The predicted molar refractivity (Wildman–Crippen MR) is 118 cm³/mol. The molecule has 1 aliphatic rings. The van der Waals surface area contributed by atoms with Crippen LogP contribution in [-0.4, -0.2) is 62.1 Å². The molecule has 31 heavy (non-hydrogen) atoms. The van der Waals surface area contributed by atoms with Gasteiger partial charge in [0, 0.05) is 43.5 Å². The van der Waals surface area contributed by atoms with Crippen molar-refractivity contribution in [1.82, 2.24) is 10.2 Å². The third-order valence-corrected chi connectivity index (χ3v) is 4.55. The maximum Gasteiger partial charge on any atom is 0.258 e. The van der Waals surface area contributed by atoms with Gasteiger partial charge in [0.05, 0.1) is 19.8 Å². The van der Waals surface area contributed by atoms with E-state index in [1.54, 1.807) is 36.4 Å². The molecule has 0 spiro atoms. The molecule has 8 nitrogen and oxygen atoms in total. The Hall–Kier alpha value is -3.30. The lowest BCUT2D eigenvalue weighted by Crippen LogP contribution is -2.39. The fourth-order valence-electron chi connectivity index (χ4n) is 3.06. The third-order valence-electron chi connectivity index (χ3n) is 4.55. The first-order valence-corrected chi connectivity index (χ1v) is 10.1. The molecule has 0 bridgehead atoms. The van der Waals surface area contributed by atoms with Crippen molar-refractivity contribution in [3.63, 3.8) is 0 Å². The first kappa shape index (κ1) is 22.4. The highest BCUT2D eigenvalue weighted by Gasteiger charge is 2.12. The number of halogens is 1. The smallest absolute Gasteiger partial charge is 0.258 e. The molecule has 2 aromatic carbocycles. The zero-order valence-corrected chi connectivity index (χ0v) is 17.4. The lowest BCUT2D eigenvalue weighted by Gasteiger charge is -2.25. The molecule has 0 aromatic heterocycles. The van der Waals surface area contributed by atoms with E-state index in [1.807, 2.05) is 0 Å². The number of amides is 2. The molecule has 0 saturated carbocycles. The van der Waals surface area contributed by atoms with Crippen LogP contribution in [0.2, 0.25) is 0 Å². The van der Waals surface area contributed by atoms with Gasteiger partial charge in [-0.2, -0.15) is 0 Å². The lowest BCUT2D eigenvalue weighted by molar-refractivity contribution is -0.114. The number of nitrogens with one attached hydrogen (secondary N) is 3. The van der Waals surface area contributed by atoms with E-state index >= 15 is 0 Å². The van der Waals surface area contributed by atoms with Gasteiger partial charge in [-0.15, -0.1) is 0 Å². The minimum Gasteiger partial charge on any atom is -0.379 e. The van der Waals surface area contributed by atoms with Gasteiger partial charge >= 0.3 is 0 Å². The van der Waals surface area contributed by atoms with Gasteiger partial charge in [-0.05, 0) is 36.4 Å². The Morgan fingerprint density at radius 3 is 2.48 bits per heavy atom. The quantitative estimate of drug-likeness (QED) is 0.486. The number of hydrogen-bond acceptors (Lipinski definition) is 5. The second-order valence-electron chi connectivity index (χ2n) is 7.04. The van der Waals surface area contributed by atoms with Crippen LogP contribution >= 0.6 is 0 Å². The van der Waals surface area contributed by atoms with Crippen molar-refractivity contribution >= 4 is 29.1 Å². The number of carbonyl (C=O) groups is 2. The Kier molecular flexibility index (Phi) is 8.08. The van der Waals surface area contributed by atoms with Crippen LogP contribution in [0.3, 0.4) is 0 Å². The van der Waals surface area contributed by atoms with Crippen LogP contribution in [0.25, 0.3) is 0 Å². The highest BCUT2D eigenvalue weighted by molar-refractivity contribution is 6.10. The number of rotatable bonds is 6. The van der Waals surface area contributed by atoms with E-state index in [9.17, 15) is 14.0 Å². The first-order valence-electron chi connectivity index (χ1n) is 10.1. The summed E-state index contributed by atoms with van der Waals surface area (Å²) in [5.41, 5.74) is 1.34. The van der Waals surface area contributed by atoms with E-state index in [2.05, 4.69) is 25.8 Å². The molecular weight excluding hydrogens is 401 g/mol. The molecule has 0 radical (unpaired) electrons. The maximum atomic E-state index is 13.6. The molecule has 164 valence electrons. The molecule has 1 saturated heterocycles. The third kappa shape index (κ3) is 7.47. The average Bonchev–Trinajstić information content (AvgIpc) is 2.74. The molecule has 2 aromatic rings. The number of morpholine rings is 1. The van der Waals surface area contributed by atoms with Gasteiger partial charge in [0.15, 0.2) is 0 Å². The average molecular weight is 427 g/mol. The van der Waals surface area contributed by atoms with Crippen molar-refractivity contribution in [2.75, 3.05) is 50.0 Å².